The Morgan fingerprint density at radius 2 is 1.93 bits per heavy atom. The molecule has 1 aliphatic carbocycles. The number of hydrogen-bond acceptors (Lipinski definition) is 3. The van der Waals surface area contributed by atoms with Gasteiger partial charge in [0.15, 0.2) is 0 Å². The van der Waals surface area contributed by atoms with Gasteiger partial charge in [0.2, 0.25) is 0 Å². The molecule has 2 heterocycles. The van der Waals surface area contributed by atoms with Crippen LogP contribution in [0.3, 0.4) is 0 Å². The number of imidazole rings is 1. The predicted molar refractivity (Wildman–Crippen MR) is 103 cm³/mol. The van der Waals surface area contributed by atoms with Crippen LogP contribution in [0.5, 0.6) is 0 Å². The Bertz CT molecular complexity index is 842. The molecule has 1 aliphatic heterocycles. The average Bonchev–Trinajstić information content (AvgIpc) is 3.33. The predicted octanol–water partition coefficient (Wildman–Crippen LogP) is 2.56. The topological polar surface area (TPSA) is 82.5 Å². The van der Waals surface area contributed by atoms with Crippen LogP contribution in [-0.4, -0.2) is 46.7 Å². The van der Waals surface area contributed by atoms with Crippen molar-refractivity contribution in [2.45, 2.75) is 18.9 Å². The minimum atomic E-state index is -0.250. The molecule has 142 valence electrons. The van der Waals surface area contributed by atoms with Crippen molar-refractivity contribution < 1.29 is 9.59 Å². The molecule has 2 aliphatic rings. The summed E-state index contributed by atoms with van der Waals surface area (Å²) in [5.41, 5.74) is 1.52. The maximum absolute atomic E-state index is 12.5. The van der Waals surface area contributed by atoms with Gasteiger partial charge >= 0.3 is 12.1 Å². The first-order valence-corrected chi connectivity index (χ1v) is 9.20. The summed E-state index contributed by atoms with van der Waals surface area (Å²) in [7, 11) is 3.73. The zero-order valence-electron chi connectivity index (χ0n) is 15.6. The van der Waals surface area contributed by atoms with E-state index in [9.17, 15) is 9.59 Å². The first-order valence-electron chi connectivity index (χ1n) is 9.20. The van der Waals surface area contributed by atoms with Gasteiger partial charge in [-0.2, -0.15) is 0 Å². The molecule has 1 aromatic carbocycles. The lowest BCUT2D eigenvalue weighted by Crippen LogP contribution is -2.35. The molecule has 1 aromatic heterocycles. The molecule has 8 nitrogen and oxygen atoms in total. The molecule has 2 aromatic rings. The summed E-state index contributed by atoms with van der Waals surface area (Å²) in [6.45, 7) is 1.40. The molecule has 0 spiro atoms. The highest BCUT2D eigenvalue weighted by Crippen LogP contribution is 2.40. The van der Waals surface area contributed by atoms with Crippen LogP contribution in [0.2, 0.25) is 0 Å². The van der Waals surface area contributed by atoms with E-state index in [2.05, 4.69) is 15.6 Å². The number of hydrogen-bond donors (Lipinski definition) is 2. The van der Waals surface area contributed by atoms with E-state index in [1.165, 1.54) is 0 Å². The van der Waals surface area contributed by atoms with E-state index in [0.717, 1.165) is 30.9 Å². The number of rotatable bonds is 5. The number of likely N-dealkylation sites (N-methyl/N-ethyl adjacent to an activating group) is 1. The SMILES string of the molecule is CN1CCN(c2ccc(NC(=O)NC(c3nccn3C)C3CC3)cc2)C1=O. The van der Waals surface area contributed by atoms with E-state index in [0.29, 0.717) is 18.2 Å². The zero-order chi connectivity index (χ0) is 19.0. The minimum absolute atomic E-state index is 0.00389. The molecule has 0 radical (unpaired) electrons. The molecule has 27 heavy (non-hydrogen) atoms. The van der Waals surface area contributed by atoms with Gasteiger partial charge in [-0.1, -0.05) is 0 Å². The van der Waals surface area contributed by atoms with E-state index in [1.54, 1.807) is 23.0 Å². The van der Waals surface area contributed by atoms with Crippen LogP contribution < -0.4 is 15.5 Å². The van der Waals surface area contributed by atoms with Crippen LogP contribution in [0.25, 0.3) is 0 Å². The van der Waals surface area contributed by atoms with Crippen molar-refractivity contribution in [3.8, 4) is 0 Å². The Labute approximate surface area is 158 Å². The Morgan fingerprint density at radius 1 is 1.19 bits per heavy atom. The van der Waals surface area contributed by atoms with Gasteiger partial charge in [0.1, 0.15) is 5.82 Å². The second kappa shape index (κ2) is 6.94. The fraction of sp³-hybridized carbons (Fsp3) is 0.421. The highest BCUT2D eigenvalue weighted by molar-refractivity contribution is 5.94. The number of benzene rings is 1. The summed E-state index contributed by atoms with van der Waals surface area (Å²) in [4.78, 5) is 32.3. The molecule has 4 rings (SSSR count). The Morgan fingerprint density at radius 3 is 2.48 bits per heavy atom. The van der Waals surface area contributed by atoms with Crippen molar-refractivity contribution in [1.29, 1.82) is 0 Å². The Balaban J connectivity index is 1.39. The summed E-state index contributed by atoms with van der Waals surface area (Å²) >= 11 is 0. The van der Waals surface area contributed by atoms with Crippen LogP contribution in [0.1, 0.15) is 24.7 Å². The van der Waals surface area contributed by atoms with E-state index in [-0.39, 0.29) is 18.1 Å². The largest absolute Gasteiger partial charge is 0.336 e. The summed E-state index contributed by atoms with van der Waals surface area (Å²) in [5.74, 6) is 1.32. The number of carbonyl (C=O) groups is 2. The monoisotopic (exact) mass is 368 g/mol. The van der Waals surface area contributed by atoms with Gasteiger partial charge < -0.3 is 20.1 Å². The quantitative estimate of drug-likeness (QED) is 0.851. The van der Waals surface area contributed by atoms with E-state index >= 15 is 0 Å². The highest BCUT2D eigenvalue weighted by Gasteiger charge is 2.35. The number of amides is 4. The number of carbonyl (C=O) groups excluding carboxylic acids is 2. The molecule has 8 heteroatoms. The van der Waals surface area contributed by atoms with Crippen molar-refractivity contribution in [2.24, 2.45) is 13.0 Å². The van der Waals surface area contributed by atoms with Crippen molar-refractivity contribution in [3.05, 3.63) is 42.5 Å². The van der Waals surface area contributed by atoms with Crippen molar-refractivity contribution >= 4 is 23.4 Å². The van der Waals surface area contributed by atoms with Crippen LogP contribution in [-0.2, 0) is 7.05 Å². The van der Waals surface area contributed by atoms with Gasteiger partial charge in [-0.15, -0.1) is 0 Å². The smallest absolute Gasteiger partial charge is 0.324 e. The minimum Gasteiger partial charge on any atom is -0.336 e. The van der Waals surface area contributed by atoms with Crippen LogP contribution in [0.4, 0.5) is 21.0 Å². The molecule has 2 fully saturated rings. The highest BCUT2D eigenvalue weighted by atomic mass is 16.2. The second-order valence-electron chi connectivity index (χ2n) is 7.21. The van der Waals surface area contributed by atoms with E-state index < -0.39 is 0 Å². The molecule has 2 N–H and O–H groups in total. The number of nitrogens with one attached hydrogen (secondary N) is 2. The van der Waals surface area contributed by atoms with Gasteiger partial charge in [0.25, 0.3) is 0 Å². The van der Waals surface area contributed by atoms with Crippen molar-refractivity contribution in [2.75, 3.05) is 30.4 Å². The van der Waals surface area contributed by atoms with E-state index in [4.69, 9.17) is 0 Å². The third-order valence-electron chi connectivity index (χ3n) is 5.17. The molecule has 1 saturated carbocycles. The lowest BCUT2D eigenvalue weighted by molar-refractivity contribution is 0.229. The summed E-state index contributed by atoms with van der Waals surface area (Å²) in [6.07, 6.45) is 5.84. The van der Waals surface area contributed by atoms with Gasteiger partial charge in [0, 0.05) is 51.0 Å². The molecular weight excluding hydrogens is 344 g/mol. The van der Waals surface area contributed by atoms with Crippen molar-refractivity contribution in [1.82, 2.24) is 19.8 Å². The van der Waals surface area contributed by atoms with Crippen LogP contribution in [0, 0.1) is 5.92 Å². The molecule has 1 atom stereocenters. The summed E-state index contributed by atoms with van der Waals surface area (Å²) in [5, 5.41) is 5.92. The standard InChI is InChI=1S/C19H24N6O2/c1-23-10-9-20-17(23)16(13-3-4-13)22-18(26)21-14-5-7-15(8-6-14)25-12-11-24(2)19(25)27/h5-10,13,16H,3-4,11-12H2,1-2H3,(H2,21,22,26). The normalized spacial score (nSPS) is 17.9. The fourth-order valence-electron chi connectivity index (χ4n) is 3.42. The maximum Gasteiger partial charge on any atom is 0.324 e. The van der Waals surface area contributed by atoms with Crippen LogP contribution in [0.15, 0.2) is 36.7 Å². The number of urea groups is 2. The Hall–Kier alpha value is -3.03. The van der Waals surface area contributed by atoms with Crippen LogP contribution >= 0.6 is 0 Å². The molecule has 0 bridgehead atoms. The third kappa shape index (κ3) is 3.60. The summed E-state index contributed by atoms with van der Waals surface area (Å²) < 4.78 is 1.95. The number of nitrogens with zero attached hydrogens (tertiary/aromatic N) is 4. The number of aromatic nitrogens is 2. The van der Waals surface area contributed by atoms with Gasteiger partial charge in [-0.25, -0.2) is 14.6 Å². The van der Waals surface area contributed by atoms with Gasteiger partial charge in [-0.05, 0) is 43.0 Å². The average molecular weight is 368 g/mol. The Kier molecular flexibility index (Phi) is 4.47. The maximum atomic E-state index is 12.5. The molecule has 4 amide bonds. The number of aryl methyl sites for hydroxylation is 1. The van der Waals surface area contributed by atoms with Gasteiger partial charge in [-0.3, -0.25) is 4.90 Å². The number of anilines is 2. The van der Waals surface area contributed by atoms with E-state index in [1.807, 2.05) is 42.1 Å². The molecule has 1 saturated heterocycles. The molecular formula is C19H24N6O2. The first-order chi connectivity index (χ1) is 13.0. The summed E-state index contributed by atoms with van der Waals surface area (Å²) in [6, 6.07) is 6.99. The third-order valence-corrected chi connectivity index (χ3v) is 5.17. The second-order valence-corrected chi connectivity index (χ2v) is 7.21. The fourth-order valence-corrected chi connectivity index (χ4v) is 3.42. The van der Waals surface area contributed by atoms with Gasteiger partial charge in [0.05, 0.1) is 6.04 Å². The first kappa shape index (κ1) is 17.4. The zero-order valence-corrected chi connectivity index (χ0v) is 15.6. The molecule has 1 unspecified atom stereocenters. The lowest BCUT2D eigenvalue weighted by atomic mass is 10.1. The van der Waals surface area contributed by atoms with Crippen molar-refractivity contribution in [3.63, 3.8) is 0 Å². The lowest BCUT2D eigenvalue weighted by Gasteiger charge is -2.19.